The molecule has 120 valence electrons. The maximum atomic E-state index is 12.1. The number of unbranched alkanes of at least 4 members (excludes halogenated alkanes) is 2. The number of carbonyl (C=O) groups is 2. The predicted molar refractivity (Wildman–Crippen MR) is 81.1 cm³/mol. The highest BCUT2D eigenvalue weighted by Gasteiger charge is 2.39. The number of hydrogen-bond donors (Lipinski definition) is 0. The van der Waals surface area contributed by atoms with Crippen molar-refractivity contribution in [1.82, 2.24) is 0 Å². The summed E-state index contributed by atoms with van der Waals surface area (Å²) in [4.78, 5) is 23.8. The summed E-state index contributed by atoms with van der Waals surface area (Å²) >= 11 is 0. The van der Waals surface area contributed by atoms with Crippen LogP contribution in [0.3, 0.4) is 0 Å². The van der Waals surface area contributed by atoms with Crippen LogP contribution in [0.2, 0.25) is 0 Å². The summed E-state index contributed by atoms with van der Waals surface area (Å²) < 4.78 is 16.5. The molecule has 5 nitrogen and oxygen atoms in total. The van der Waals surface area contributed by atoms with Crippen LogP contribution in [0.15, 0.2) is 18.2 Å². The normalized spacial score (nSPS) is 17.1. The molecule has 0 saturated heterocycles. The van der Waals surface area contributed by atoms with Gasteiger partial charge in [-0.3, -0.25) is 4.79 Å². The molecule has 1 atom stereocenters. The number of hydrogen-bond acceptors (Lipinski definition) is 5. The number of rotatable bonds is 8. The molecule has 0 fully saturated rings. The van der Waals surface area contributed by atoms with Crippen LogP contribution in [0, 0.1) is 0 Å². The molecule has 5 heteroatoms. The van der Waals surface area contributed by atoms with Gasteiger partial charge in [0.2, 0.25) is 0 Å². The minimum atomic E-state index is -0.930. The van der Waals surface area contributed by atoms with Crippen molar-refractivity contribution in [2.45, 2.75) is 45.6 Å². The van der Waals surface area contributed by atoms with Crippen LogP contribution in [0.1, 0.15) is 51.2 Å². The van der Waals surface area contributed by atoms with Gasteiger partial charge in [0, 0.05) is 6.61 Å². The Hall–Kier alpha value is -1.88. The van der Waals surface area contributed by atoms with Crippen molar-refractivity contribution in [2.24, 2.45) is 0 Å². The Morgan fingerprint density at radius 1 is 1.09 bits per heavy atom. The second-order valence-corrected chi connectivity index (χ2v) is 5.23. The van der Waals surface area contributed by atoms with Gasteiger partial charge < -0.3 is 14.2 Å². The Labute approximate surface area is 130 Å². The second-order valence-electron chi connectivity index (χ2n) is 5.23. The maximum absolute atomic E-state index is 12.1. The Morgan fingerprint density at radius 2 is 1.82 bits per heavy atom. The number of esters is 1. The van der Waals surface area contributed by atoms with Crippen molar-refractivity contribution in [3.8, 4) is 11.5 Å². The van der Waals surface area contributed by atoms with Crippen LogP contribution in [-0.4, -0.2) is 25.0 Å². The van der Waals surface area contributed by atoms with E-state index in [-0.39, 0.29) is 0 Å². The van der Waals surface area contributed by atoms with Crippen LogP contribution >= 0.6 is 0 Å². The molecule has 0 N–H and O–H groups in total. The summed E-state index contributed by atoms with van der Waals surface area (Å²) in [5.74, 6) is -0.650. The van der Waals surface area contributed by atoms with E-state index in [1.54, 1.807) is 18.2 Å². The van der Waals surface area contributed by atoms with E-state index in [1.165, 1.54) is 0 Å². The highest BCUT2D eigenvalue weighted by atomic mass is 16.6. The van der Waals surface area contributed by atoms with Crippen LogP contribution in [0.4, 0.5) is 0 Å². The van der Waals surface area contributed by atoms with Crippen LogP contribution in [-0.2, 0) is 14.3 Å². The quantitative estimate of drug-likeness (QED) is 0.319. The zero-order valence-corrected chi connectivity index (χ0v) is 13.1. The van der Waals surface area contributed by atoms with Gasteiger partial charge in [-0.15, -0.1) is 0 Å². The van der Waals surface area contributed by atoms with Gasteiger partial charge in [0.25, 0.3) is 5.78 Å². The molecule has 1 unspecified atom stereocenters. The first-order valence-electron chi connectivity index (χ1n) is 7.82. The molecule has 22 heavy (non-hydrogen) atoms. The van der Waals surface area contributed by atoms with Crippen LogP contribution < -0.4 is 9.47 Å². The third-order valence-electron chi connectivity index (χ3n) is 3.47. The Balaban J connectivity index is 2.27. The third-order valence-corrected chi connectivity index (χ3v) is 3.47. The second kappa shape index (κ2) is 7.94. The minimum Gasteiger partial charge on any atom is -0.493 e. The summed E-state index contributed by atoms with van der Waals surface area (Å²) in [5, 5.41) is 0. The van der Waals surface area contributed by atoms with Gasteiger partial charge in [-0.25, -0.2) is 4.79 Å². The molecule has 1 aromatic carbocycles. The lowest BCUT2D eigenvalue weighted by molar-refractivity contribution is -0.155. The lowest BCUT2D eigenvalue weighted by Gasteiger charge is -2.25. The van der Waals surface area contributed by atoms with Gasteiger partial charge in [0.05, 0.1) is 12.2 Å². The van der Waals surface area contributed by atoms with Crippen molar-refractivity contribution in [1.29, 1.82) is 0 Å². The third kappa shape index (κ3) is 3.65. The predicted octanol–water partition coefficient (Wildman–Crippen LogP) is 3.21. The van der Waals surface area contributed by atoms with E-state index in [0.29, 0.717) is 30.3 Å². The SMILES string of the molecule is CCCCOc1cccc2c1C(OCCCC)C(=O)C(=O)O2. The summed E-state index contributed by atoms with van der Waals surface area (Å²) in [6.07, 6.45) is 2.78. The zero-order chi connectivity index (χ0) is 15.9. The molecule has 1 heterocycles. The largest absolute Gasteiger partial charge is 0.493 e. The summed E-state index contributed by atoms with van der Waals surface area (Å²) in [6, 6.07) is 5.17. The molecule has 1 aliphatic rings. The first kappa shape index (κ1) is 16.5. The van der Waals surface area contributed by atoms with Crippen LogP contribution in [0.25, 0.3) is 0 Å². The average molecular weight is 306 g/mol. The van der Waals surface area contributed by atoms with E-state index in [2.05, 4.69) is 6.92 Å². The molecular weight excluding hydrogens is 284 g/mol. The summed E-state index contributed by atoms with van der Waals surface area (Å²) in [6.45, 7) is 5.08. The number of carbonyl (C=O) groups excluding carboxylic acids is 2. The van der Waals surface area contributed by atoms with E-state index in [9.17, 15) is 9.59 Å². The fourth-order valence-electron chi connectivity index (χ4n) is 2.22. The number of Topliss-reactive ketones (excluding diaryl/α,β-unsaturated/α-hetero) is 1. The maximum Gasteiger partial charge on any atom is 0.383 e. The fraction of sp³-hybridized carbons (Fsp3) is 0.529. The van der Waals surface area contributed by atoms with Crippen molar-refractivity contribution in [3.05, 3.63) is 23.8 Å². The Bertz CT molecular complexity index is 538. The molecule has 0 aromatic heterocycles. The van der Waals surface area contributed by atoms with Crippen molar-refractivity contribution >= 4 is 11.8 Å². The smallest absolute Gasteiger partial charge is 0.383 e. The molecule has 1 aromatic rings. The van der Waals surface area contributed by atoms with E-state index >= 15 is 0 Å². The molecule has 0 saturated carbocycles. The molecule has 1 aliphatic heterocycles. The lowest BCUT2D eigenvalue weighted by Crippen LogP contribution is -2.33. The van der Waals surface area contributed by atoms with Crippen molar-refractivity contribution in [3.63, 3.8) is 0 Å². The first-order chi connectivity index (χ1) is 10.7. The first-order valence-corrected chi connectivity index (χ1v) is 7.82. The van der Waals surface area contributed by atoms with Gasteiger partial charge in [-0.1, -0.05) is 32.8 Å². The van der Waals surface area contributed by atoms with E-state index in [0.717, 1.165) is 25.7 Å². The van der Waals surface area contributed by atoms with Crippen molar-refractivity contribution < 1.29 is 23.8 Å². The standard InChI is InChI=1S/C17H22O5/c1-3-5-10-20-12-8-7-9-13-14(12)16(21-11-6-4-2)15(18)17(19)22-13/h7-9,16H,3-6,10-11H2,1-2H3. The Kier molecular flexibility index (Phi) is 5.95. The summed E-state index contributed by atoms with van der Waals surface area (Å²) in [5.41, 5.74) is 0.527. The van der Waals surface area contributed by atoms with Gasteiger partial charge in [-0.2, -0.15) is 0 Å². The number of ketones is 1. The highest BCUT2D eigenvalue weighted by Crippen LogP contribution is 2.40. The minimum absolute atomic E-state index is 0.347. The average Bonchev–Trinajstić information content (AvgIpc) is 2.51. The molecule has 0 aliphatic carbocycles. The van der Waals surface area contributed by atoms with Gasteiger partial charge in [-0.05, 0) is 25.0 Å². The topological polar surface area (TPSA) is 61.8 Å². The molecular formula is C17H22O5. The lowest BCUT2D eigenvalue weighted by atomic mass is 10.0. The van der Waals surface area contributed by atoms with E-state index in [1.807, 2.05) is 6.92 Å². The summed E-state index contributed by atoms with van der Waals surface area (Å²) in [7, 11) is 0. The van der Waals surface area contributed by atoms with Gasteiger partial charge in [0.1, 0.15) is 11.5 Å². The monoisotopic (exact) mass is 306 g/mol. The molecule has 0 amide bonds. The van der Waals surface area contributed by atoms with Gasteiger partial charge in [0.15, 0.2) is 6.10 Å². The number of benzene rings is 1. The molecule has 0 spiro atoms. The molecule has 2 rings (SSSR count). The Morgan fingerprint density at radius 3 is 2.55 bits per heavy atom. The van der Waals surface area contributed by atoms with E-state index < -0.39 is 17.9 Å². The molecule has 0 bridgehead atoms. The van der Waals surface area contributed by atoms with Gasteiger partial charge >= 0.3 is 5.97 Å². The van der Waals surface area contributed by atoms with Crippen molar-refractivity contribution in [2.75, 3.05) is 13.2 Å². The van der Waals surface area contributed by atoms with Crippen LogP contribution in [0.5, 0.6) is 11.5 Å². The fourth-order valence-corrected chi connectivity index (χ4v) is 2.22. The van der Waals surface area contributed by atoms with E-state index in [4.69, 9.17) is 14.2 Å². The molecule has 0 radical (unpaired) electrons. The number of fused-ring (bicyclic) bond motifs is 1. The zero-order valence-electron chi connectivity index (χ0n) is 13.1. The number of ether oxygens (including phenoxy) is 3. The highest BCUT2D eigenvalue weighted by molar-refractivity contribution is 6.37.